The number of aromatic nitrogens is 2. The molecule has 10 nitrogen and oxygen atoms in total. The van der Waals surface area contributed by atoms with Crippen LogP contribution < -0.4 is 15.0 Å². The van der Waals surface area contributed by atoms with Crippen molar-refractivity contribution < 1.29 is 14.3 Å². The van der Waals surface area contributed by atoms with Crippen LogP contribution in [0.3, 0.4) is 0 Å². The molecule has 4 aliphatic rings. The summed E-state index contributed by atoms with van der Waals surface area (Å²) in [5.41, 5.74) is 3.17. The van der Waals surface area contributed by atoms with Crippen LogP contribution in [0.25, 0.3) is 0 Å². The third-order valence-electron chi connectivity index (χ3n) is 9.00. The van der Waals surface area contributed by atoms with Crippen LogP contribution in [0.1, 0.15) is 52.9 Å². The van der Waals surface area contributed by atoms with E-state index in [1.807, 2.05) is 24.3 Å². The van der Waals surface area contributed by atoms with E-state index in [1.165, 1.54) is 6.08 Å². The van der Waals surface area contributed by atoms with Crippen LogP contribution in [0.2, 0.25) is 0 Å². The van der Waals surface area contributed by atoms with Crippen molar-refractivity contribution in [1.29, 1.82) is 5.26 Å². The first-order chi connectivity index (χ1) is 19.4. The Hall–Kier alpha value is -3.97. The van der Waals surface area contributed by atoms with Crippen molar-refractivity contribution in [1.82, 2.24) is 25.1 Å². The highest BCUT2D eigenvalue weighted by Gasteiger charge is 2.46. The van der Waals surface area contributed by atoms with Crippen molar-refractivity contribution in [3.63, 3.8) is 0 Å². The van der Waals surface area contributed by atoms with Gasteiger partial charge in [-0.15, -0.1) is 0 Å². The van der Waals surface area contributed by atoms with Crippen LogP contribution in [-0.2, 0) is 23.2 Å². The second-order valence-corrected chi connectivity index (χ2v) is 11.3. The number of likely N-dealkylation sites (N-methyl/N-ethyl adjacent to an activating group) is 1. The molecule has 2 amide bonds. The number of anilines is 1. The molecule has 2 fully saturated rings. The van der Waals surface area contributed by atoms with Gasteiger partial charge in [-0.3, -0.25) is 9.59 Å². The maximum atomic E-state index is 12.9. The van der Waals surface area contributed by atoms with Gasteiger partial charge in [-0.2, -0.15) is 15.2 Å². The number of benzene rings is 1. The zero-order valence-electron chi connectivity index (χ0n) is 22.9. The number of carbonyl (C=O) groups excluding carboxylic acids is 2. The largest absolute Gasteiger partial charge is 0.462 e. The predicted octanol–water partition coefficient (Wildman–Crippen LogP) is 2.19. The van der Waals surface area contributed by atoms with Crippen LogP contribution in [0.5, 0.6) is 6.01 Å². The number of fused-ring (bicyclic) bond motifs is 3. The molecule has 1 spiro atoms. The van der Waals surface area contributed by atoms with Crippen molar-refractivity contribution in [2.45, 2.75) is 56.1 Å². The number of piperazine rings is 1. The highest BCUT2D eigenvalue weighted by molar-refractivity contribution is 6.00. The van der Waals surface area contributed by atoms with Crippen molar-refractivity contribution in [2.75, 3.05) is 44.7 Å². The Morgan fingerprint density at radius 2 is 2.12 bits per heavy atom. The molecule has 1 N–H and O–H groups in total. The molecular formula is C30H35N7O3. The number of likely N-dealkylation sites (tertiary alicyclic amines) is 1. The molecule has 10 heteroatoms. The molecule has 4 heterocycles. The van der Waals surface area contributed by atoms with Gasteiger partial charge in [0, 0.05) is 43.2 Å². The minimum Gasteiger partial charge on any atom is -0.462 e. The number of hydrogen-bond donors (Lipinski definition) is 1. The van der Waals surface area contributed by atoms with Gasteiger partial charge in [0.15, 0.2) is 0 Å². The van der Waals surface area contributed by atoms with Crippen molar-refractivity contribution in [3.05, 3.63) is 59.3 Å². The smallest absolute Gasteiger partial charge is 0.318 e. The van der Waals surface area contributed by atoms with Gasteiger partial charge in [0.25, 0.3) is 5.91 Å². The third kappa shape index (κ3) is 4.58. The third-order valence-corrected chi connectivity index (χ3v) is 9.00. The molecule has 40 heavy (non-hydrogen) atoms. The van der Waals surface area contributed by atoms with Crippen LogP contribution in [0.4, 0.5) is 5.82 Å². The van der Waals surface area contributed by atoms with E-state index in [1.54, 1.807) is 4.90 Å². The van der Waals surface area contributed by atoms with Gasteiger partial charge >= 0.3 is 6.01 Å². The van der Waals surface area contributed by atoms with Crippen LogP contribution in [0, 0.1) is 11.3 Å². The van der Waals surface area contributed by atoms with E-state index in [0.29, 0.717) is 51.1 Å². The zero-order chi connectivity index (χ0) is 27.9. The highest BCUT2D eigenvalue weighted by atomic mass is 16.5. The first kappa shape index (κ1) is 26.3. The number of rotatable bonds is 6. The van der Waals surface area contributed by atoms with Gasteiger partial charge in [0.05, 0.1) is 29.8 Å². The fourth-order valence-corrected chi connectivity index (χ4v) is 6.82. The van der Waals surface area contributed by atoms with Crippen molar-refractivity contribution in [3.8, 4) is 12.1 Å². The fraction of sp³-hybridized carbons (Fsp3) is 0.500. The Bertz CT molecular complexity index is 1390. The van der Waals surface area contributed by atoms with Gasteiger partial charge in [-0.05, 0) is 57.0 Å². The Labute approximate surface area is 234 Å². The van der Waals surface area contributed by atoms with Gasteiger partial charge in [0.2, 0.25) is 5.91 Å². The molecule has 2 saturated heterocycles. The lowest BCUT2D eigenvalue weighted by Gasteiger charge is -2.42. The monoisotopic (exact) mass is 541 g/mol. The maximum Gasteiger partial charge on any atom is 0.318 e. The molecule has 0 saturated carbocycles. The molecule has 0 bridgehead atoms. The summed E-state index contributed by atoms with van der Waals surface area (Å²) in [5.74, 6) is 0.601. The lowest BCUT2D eigenvalue weighted by Crippen LogP contribution is -2.55. The minimum absolute atomic E-state index is 0.0450. The summed E-state index contributed by atoms with van der Waals surface area (Å²) in [6.45, 7) is 6.76. The van der Waals surface area contributed by atoms with E-state index < -0.39 is 5.54 Å². The summed E-state index contributed by atoms with van der Waals surface area (Å²) < 4.78 is 6.24. The van der Waals surface area contributed by atoms with Crippen molar-refractivity contribution >= 4 is 17.6 Å². The van der Waals surface area contributed by atoms with Gasteiger partial charge in [-0.25, -0.2) is 0 Å². The van der Waals surface area contributed by atoms with E-state index >= 15 is 0 Å². The van der Waals surface area contributed by atoms with Gasteiger partial charge in [0.1, 0.15) is 12.4 Å². The summed E-state index contributed by atoms with van der Waals surface area (Å²) in [6.07, 6.45) is 5.75. The predicted molar refractivity (Wildman–Crippen MR) is 149 cm³/mol. The summed E-state index contributed by atoms with van der Waals surface area (Å²) in [7, 11) is 2.11. The van der Waals surface area contributed by atoms with Gasteiger partial charge < -0.3 is 24.8 Å². The molecular weight excluding hydrogens is 506 g/mol. The number of nitrogens with zero attached hydrogens (tertiary/aromatic N) is 6. The highest BCUT2D eigenvalue weighted by Crippen LogP contribution is 2.43. The Balaban J connectivity index is 1.35. The molecule has 3 aliphatic heterocycles. The second-order valence-electron chi connectivity index (χ2n) is 11.3. The fourth-order valence-electron chi connectivity index (χ4n) is 6.82. The molecule has 2 aromatic rings. The number of nitrogens with one attached hydrogen (secondary N) is 1. The van der Waals surface area contributed by atoms with E-state index in [2.05, 4.69) is 34.8 Å². The Morgan fingerprint density at radius 3 is 2.90 bits per heavy atom. The minimum atomic E-state index is -0.506. The summed E-state index contributed by atoms with van der Waals surface area (Å²) in [6, 6.07) is 10.4. The summed E-state index contributed by atoms with van der Waals surface area (Å²) in [4.78, 5) is 41.4. The lowest BCUT2D eigenvalue weighted by molar-refractivity contribution is -0.128. The van der Waals surface area contributed by atoms with Crippen molar-refractivity contribution in [2.24, 2.45) is 0 Å². The molecule has 3 atom stereocenters. The number of carbonyl (C=O) groups is 2. The topological polar surface area (TPSA) is 115 Å². The number of hydrogen-bond acceptors (Lipinski definition) is 8. The van der Waals surface area contributed by atoms with E-state index in [-0.39, 0.29) is 24.3 Å². The van der Waals surface area contributed by atoms with Crippen LogP contribution >= 0.6 is 0 Å². The van der Waals surface area contributed by atoms with Crippen LogP contribution in [-0.4, -0.2) is 83.5 Å². The average molecular weight is 542 g/mol. The maximum absolute atomic E-state index is 12.9. The van der Waals surface area contributed by atoms with E-state index in [4.69, 9.17) is 14.7 Å². The van der Waals surface area contributed by atoms with Gasteiger partial charge in [-0.1, -0.05) is 24.8 Å². The molecule has 1 aromatic heterocycles. The number of amides is 2. The Morgan fingerprint density at radius 1 is 1.27 bits per heavy atom. The molecule has 208 valence electrons. The normalized spacial score (nSPS) is 25.8. The first-order valence-corrected chi connectivity index (χ1v) is 14.1. The number of nitriles is 1. The quantitative estimate of drug-likeness (QED) is 0.554. The Kier molecular flexibility index (Phi) is 6.92. The SMILES string of the molecule is C=CC(=O)N1CCN(c2nc(OCC3CCCN3C)nc3c2CCC2(C3)NC(=O)c3ccccc32)CC1CC#N. The van der Waals surface area contributed by atoms with Crippen LogP contribution in [0.15, 0.2) is 36.9 Å². The molecule has 1 aromatic carbocycles. The lowest BCUT2D eigenvalue weighted by atomic mass is 9.76. The number of ether oxygens (including phenoxy) is 1. The zero-order valence-corrected chi connectivity index (χ0v) is 22.9. The second kappa shape index (κ2) is 10.5. The molecule has 0 radical (unpaired) electrons. The molecule has 1 aliphatic carbocycles. The standard InChI is InChI=1S/C30H35N7O3/c1-3-26(38)37-16-15-36(18-20(37)11-13-31)27-23-10-12-30(24-9-5-4-8-22(24)28(39)34-30)17-25(23)32-29(33-27)40-19-21-7-6-14-35(21)2/h3-5,8-9,20-21H,1,6-7,10-12,14-19H2,2H3,(H,34,39). The summed E-state index contributed by atoms with van der Waals surface area (Å²) in [5, 5.41) is 12.8. The summed E-state index contributed by atoms with van der Waals surface area (Å²) >= 11 is 0. The van der Waals surface area contributed by atoms with E-state index in [0.717, 1.165) is 54.0 Å². The molecule has 3 unspecified atom stereocenters. The first-order valence-electron chi connectivity index (χ1n) is 14.1. The molecule has 6 rings (SSSR count). The average Bonchev–Trinajstić information content (AvgIpc) is 3.50. The van der Waals surface area contributed by atoms with E-state index in [9.17, 15) is 14.9 Å².